The lowest BCUT2D eigenvalue weighted by Crippen LogP contribution is -2.26. The lowest BCUT2D eigenvalue weighted by Gasteiger charge is -2.23. The predicted octanol–water partition coefficient (Wildman–Crippen LogP) is 3.05. The van der Waals surface area contributed by atoms with Crippen LogP contribution in [0.4, 0.5) is 0 Å². The van der Waals surface area contributed by atoms with Crippen LogP contribution in [-0.2, 0) is 5.60 Å². The van der Waals surface area contributed by atoms with Gasteiger partial charge in [0.1, 0.15) is 16.9 Å². The van der Waals surface area contributed by atoms with Gasteiger partial charge in [-0.25, -0.2) is 0 Å². The Morgan fingerprint density at radius 2 is 2.11 bits per heavy atom. The normalized spacial score (nSPS) is 25.2. The number of benzene rings is 1. The van der Waals surface area contributed by atoms with E-state index in [0.717, 1.165) is 36.9 Å². The Morgan fingerprint density at radius 1 is 1.22 bits per heavy atom. The van der Waals surface area contributed by atoms with E-state index in [1.807, 2.05) is 18.2 Å². The minimum atomic E-state index is -0.852. The molecule has 1 aromatic heterocycles. The summed E-state index contributed by atoms with van der Waals surface area (Å²) >= 11 is 5.96. The zero-order chi connectivity index (χ0) is 12.6. The van der Waals surface area contributed by atoms with Crippen molar-refractivity contribution >= 4 is 22.6 Å². The highest BCUT2D eigenvalue weighted by Gasteiger charge is 2.33. The highest BCUT2D eigenvalue weighted by Crippen LogP contribution is 2.35. The molecule has 18 heavy (non-hydrogen) atoms. The number of fused-ring (bicyclic) bond motifs is 1. The summed E-state index contributed by atoms with van der Waals surface area (Å²) in [4.78, 5) is 0. The van der Waals surface area contributed by atoms with Crippen LogP contribution in [0.25, 0.3) is 11.0 Å². The molecule has 2 aromatic rings. The van der Waals surface area contributed by atoms with Gasteiger partial charge in [-0.3, -0.25) is 0 Å². The molecular weight excluding hydrogens is 250 g/mol. The summed E-state index contributed by atoms with van der Waals surface area (Å²) in [5.74, 6) is 0.656. The molecule has 1 aliphatic heterocycles. The maximum Gasteiger partial charge on any atom is 0.136 e. The summed E-state index contributed by atoms with van der Waals surface area (Å²) in [6.07, 6.45) is 2.36. The lowest BCUT2D eigenvalue weighted by molar-refractivity contribution is 0.00428. The minimum Gasteiger partial charge on any atom is -0.458 e. The molecule has 0 amide bonds. The number of hydrogen-bond donors (Lipinski definition) is 2. The monoisotopic (exact) mass is 265 g/mol. The summed E-state index contributed by atoms with van der Waals surface area (Å²) in [6.45, 7) is 1.77. The van der Waals surface area contributed by atoms with Crippen molar-refractivity contribution in [3.63, 3.8) is 0 Å². The second-order valence-corrected chi connectivity index (χ2v) is 5.36. The molecule has 1 saturated heterocycles. The first-order valence-corrected chi connectivity index (χ1v) is 6.68. The van der Waals surface area contributed by atoms with E-state index in [9.17, 15) is 5.11 Å². The van der Waals surface area contributed by atoms with E-state index < -0.39 is 5.60 Å². The highest BCUT2D eigenvalue weighted by molar-refractivity contribution is 6.31. The number of aliphatic hydroxyl groups is 1. The van der Waals surface area contributed by atoms with Crippen LogP contribution in [0.1, 0.15) is 25.0 Å². The van der Waals surface area contributed by atoms with Crippen LogP contribution in [0.5, 0.6) is 0 Å². The van der Waals surface area contributed by atoms with Crippen molar-refractivity contribution in [3.05, 3.63) is 35.0 Å². The Morgan fingerprint density at radius 3 is 3.00 bits per heavy atom. The Balaban J connectivity index is 2.02. The fourth-order valence-corrected chi connectivity index (χ4v) is 2.72. The average Bonchev–Trinajstić information content (AvgIpc) is 2.65. The van der Waals surface area contributed by atoms with Gasteiger partial charge in [0.2, 0.25) is 0 Å². The first kappa shape index (κ1) is 12.0. The van der Waals surface area contributed by atoms with E-state index >= 15 is 0 Å². The molecule has 96 valence electrons. The lowest BCUT2D eigenvalue weighted by atomic mass is 9.92. The Labute approximate surface area is 111 Å². The summed E-state index contributed by atoms with van der Waals surface area (Å²) in [5.41, 5.74) is -0.0744. The van der Waals surface area contributed by atoms with Gasteiger partial charge in [0, 0.05) is 10.4 Å². The summed E-state index contributed by atoms with van der Waals surface area (Å²) in [6, 6.07) is 7.42. The first-order chi connectivity index (χ1) is 8.67. The van der Waals surface area contributed by atoms with E-state index in [1.54, 1.807) is 6.07 Å². The Bertz CT molecular complexity index is 556. The molecule has 0 radical (unpaired) electrons. The van der Waals surface area contributed by atoms with Crippen molar-refractivity contribution in [2.24, 2.45) is 0 Å². The van der Waals surface area contributed by atoms with Gasteiger partial charge in [0.15, 0.2) is 0 Å². The third-order valence-electron chi connectivity index (χ3n) is 3.60. The second kappa shape index (κ2) is 4.57. The molecule has 3 nitrogen and oxygen atoms in total. The predicted molar refractivity (Wildman–Crippen MR) is 71.8 cm³/mol. The molecule has 2 N–H and O–H groups in total. The molecule has 2 heterocycles. The maximum atomic E-state index is 10.7. The van der Waals surface area contributed by atoms with Gasteiger partial charge in [0.05, 0.1) is 0 Å². The van der Waals surface area contributed by atoms with Crippen molar-refractivity contribution in [3.8, 4) is 0 Å². The van der Waals surface area contributed by atoms with Gasteiger partial charge in [0.25, 0.3) is 0 Å². The van der Waals surface area contributed by atoms with E-state index in [2.05, 4.69) is 5.32 Å². The fourth-order valence-electron chi connectivity index (χ4n) is 2.54. The Kier molecular flexibility index (Phi) is 3.06. The fraction of sp³-hybridized carbons (Fsp3) is 0.429. The van der Waals surface area contributed by atoms with Gasteiger partial charge in [-0.2, -0.15) is 0 Å². The molecule has 4 heteroatoms. The SMILES string of the molecule is OC1(c2cc3cc(Cl)ccc3o2)CCCNCC1. The van der Waals surface area contributed by atoms with Crippen molar-refractivity contribution < 1.29 is 9.52 Å². The molecule has 0 spiro atoms. The van der Waals surface area contributed by atoms with Crippen LogP contribution in [0.2, 0.25) is 5.02 Å². The van der Waals surface area contributed by atoms with E-state index in [4.69, 9.17) is 16.0 Å². The number of halogens is 1. The van der Waals surface area contributed by atoms with Crippen molar-refractivity contribution in [2.45, 2.75) is 24.9 Å². The summed E-state index contributed by atoms with van der Waals surface area (Å²) < 4.78 is 5.78. The number of rotatable bonds is 1. The smallest absolute Gasteiger partial charge is 0.136 e. The molecule has 3 rings (SSSR count). The molecule has 0 bridgehead atoms. The number of nitrogens with one attached hydrogen (secondary N) is 1. The molecule has 1 aromatic carbocycles. The summed E-state index contributed by atoms with van der Waals surface area (Å²) in [7, 11) is 0. The molecule has 1 atom stereocenters. The van der Waals surface area contributed by atoms with Crippen LogP contribution in [0, 0.1) is 0 Å². The Hall–Kier alpha value is -1.03. The van der Waals surface area contributed by atoms with Crippen LogP contribution >= 0.6 is 11.6 Å². The minimum absolute atomic E-state index is 0.656. The third-order valence-corrected chi connectivity index (χ3v) is 3.83. The quantitative estimate of drug-likeness (QED) is 0.833. The van der Waals surface area contributed by atoms with E-state index in [-0.39, 0.29) is 0 Å². The van der Waals surface area contributed by atoms with Gasteiger partial charge >= 0.3 is 0 Å². The van der Waals surface area contributed by atoms with Gasteiger partial charge in [-0.15, -0.1) is 0 Å². The zero-order valence-electron chi connectivity index (χ0n) is 10.1. The van der Waals surface area contributed by atoms with Gasteiger partial charge in [-0.1, -0.05) is 11.6 Å². The molecular formula is C14H16ClNO2. The van der Waals surface area contributed by atoms with Crippen molar-refractivity contribution in [2.75, 3.05) is 13.1 Å². The van der Waals surface area contributed by atoms with Crippen molar-refractivity contribution in [1.82, 2.24) is 5.32 Å². The van der Waals surface area contributed by atoms with Crippen LogP contribution in [-0.4, -0.2) is 18.2 Å². The molecule has 1 unspecified atom stereocenters. The summed E-state index contributed by atoms with van der Waals surface area (Å²) in [5, 5.41) is 15.7. The van der Waals surface area contributed by atoms with Crippen LogP contribution in [0.15, 0.2) is 28.7 Å². The molecule has 0 saturated carbocycles. The largest absolute Gasteiger partial charge is 0.458 e. The molecule has 0 aliphatic carbocycles. The molecule has 1 aliphatic rings. The first-order valence-electron chi connectivity index (χ1n) is 6.30. The number of hydrogen-bond acceptors (Lipinski definition) is 3. The van der Waals surface area contributed by atoms with Gasteiger partial charge in [-0.05, 0) is 56.6 Å². The van der Waals surface area contributed by atoms with E-state index in [0.29, 0.717) is 17.2 Å². The maximum absolute atomic E-state index is 10.7. The standard InChI is InChI=1S/C14H16ClNO2/c15-11-2-3-12-10(8-11)9-13(18-12)14(17)4-1-6-16-7-5-14/h2-3,8-9,16-17H,1,4-7H2. The highest BCUT2D eigenvalue weighted by atomic mass is 35.5. The van der Waals surface area contributed by atoms with Crippen molar-refractivity contribution in [1.29, 1.82) is 0 Å². The third kappa shape index (κ3) is 2.14. The van der Waals surface area contributed by atoms with Crippen LogP contribution in [0.3, 0.4) is 0 Å². The molecule has 1 fully saturated rings. The van der Waals surface area contributed by atoms with E-state index in [1.165, 1.54) is 0 Å². The topological polar surface area (TPSA) is 45.4 Å². The van der Waals surface area contributed by atoms with Crippen LogP contribution < -0.4 is 5.32 Å². The second-order valence-electron chi connectivity index (χ2n) is 4.93. The van der Waals surface area contributed by atoms with Gasteiger partial charge < -0.3 is 14.8 Å². The zero-order valence-corrected chi connectivity index (χ0v) is 10.8. The number of furan rings is 1. The average molecular weight is 266 g/mol.